The summed E-state index contributed by atoms with van der Waals surface area (Å²) in [6.07, 6.45) is 4.29. The summed E-state index contributed by atoms with van der Waals surface area (Å²) in [5, 5.41) is 3.49. The standard InChI is InChI=1S/C16H25N3O3S2/c1-13(2)10-17-15(20)12-23-16-7-6-14(11-18-16)24(21,22)19-8-4-3-5-9-19/h6-7,11,13H,3-5,8-10,12H2,1-2H3,(H,17,20). The van der Waals surface area contributed by atoms with E-state index in [2.05, 4.69) is 10.3 Å². The lowest BCUT2D eigenvalue weighted by Crippen LogP contribution is -2.35. The molecule has 2 rings (SSSR count). The minimum Gasteiger partial charge on any atom is -0.355 e. The lowest BCUT2D eigenvalue weighted by Gasteiger charge is -2.25. The average Bonchev–Trinajstić information content (AvgIpc) is 2.59. The molecule has 1 amide bonds. The summed E-state index contributed by atoms with van der Waals surface area (Å²) in [6, 6.07) is 3.24. The molecule has 1 aliphatic rings. The summed E-state index contributed by atoms with van der Waals surface area (Å²) in [5.41, 5.74) is 0. The van der Waals surface area contributed by atoms with Crippen LogP contribution in [0.3, 0.4) is 0 Å². The number of amides is 1. The molecule has 1 N–H and O–H groups in total. The zero-order valence-corrected chi connectivity index (χ0v) is 15.8. The number of rotatable bonds is 7. The number of carbonyl (C=O) groups is 1. The first-order chi connectivity index (χ1) is 11.4. The van der Waals surface area contributed by atoms with Crippen molar-refractivity contribution in [3.05, 3.63) is 18.3 Å². The van der Waals surface area contributed by atoms with Gasteiger partial charge in [-0.3, -0.25) is 4.79 Å². The molecule has 0 aliphatic carbocycles. The number of aromatic nitrogens is 1. The van der Waals surface area contributed by atoms with Crippen molar-refractivity contribution in [3.8, 4) is 0 Å². The Kier molecular flexibility index (Phi) is 7.06. The number of nitrogens with one attached hydrogen (secondary N) is 1. The van der Waals surface area contributed by atoms with Gasteiger partial charge in [-0.05, 0) is 30.9 Å². The summed E-state index contributed by atoms with van der Waals surface area (Å²) in [6.45, 7) is 5.89. The van der Waals surface area contributed by atoms with Gasteiger partial charge in [0.15, 0.2) is 0 Å². The predicted octanol–water partition coefficient (Wildman–Crippen LogP) is 2.12. The van der Waals surface area contributed by atoms with Gasteiger partial charge in [0.05, 0.1) is 10.8 Å². The van der Waals surface area contributed by atoms with Crippen LogP contribution < -0.4 is 5.32 Å². The van der Waals surface area contributed by atoms with Crippen LogP contribution in [-0.2, 0) is 14.8 Å². The molecule has 0 radical (unpaired) electrons. The second-order valence-corrected chi connectivity index (χ2v) is 9.22. The highest BCUT2D eigenvalue weighted by molar-refractivity contribution is 7.99. The average molecular weight is 372 g/mol. The molecule has 1 aliphatic heterocycles. The first kappa shape index (κ1) is 19.2. The third-order valence-corrected chi connectivity index (χ3v) is 6.55. The van der Waals surface area contributed by atoms with E-state index in [0.29, 0.717) is 30.6 Å². The van der Waals surface area contributed by atoms with Crippen molar-refractivity contribution in [3.63, 3.8) is 0 Å². The number of sulfonamides is 1. The monoisotopic (exact) mass is 371 g/mol. The number of pyridine rings is 1. The van der Waals surface area contributed by atoms with Crippen LogP contribution in [0.1, 0.15) is 33.1 Å². The summed E-state index contributed by atoms with van der Waals surface area (Å²) in [7, 11) is -3.45. The molecule has 6 nitrogen and oxygen atoms in total. The predicted molar refractivity (Wildman–Crippen MR) is 95.4 cm³/mol. The van der Waals surface area contributed by atoms with Gasteiger partial charge in [0.2, 0.25) is 15.9 Å². The molecule has 0 saturated carbocycles. The third kappa shape index (κ3) is 5.46. The maximum absolute atomic E-state index is 12.5. The molecule has 0 bridgehead atoms. The van der Waals surface area contributed by atoms with E-state index in [0.717, 1.165) is 19.3 Å². The van der Waals surface area contributed by atoms with Gasteiger partial charge in [-0.25, -0.2) is 13.4 Å². The Morgan fingerprint density at radius 2 is 2.00 bits per heavy atom. The SMILES string of the molecule is CC(C)CNC(=O)CSc1ccc(S(=O)(=O)N2CCCCC2)cn1. The van der Waals surface area contributed by atoms with Crippen LogP contribution in [0.2, 0.25) is 0 Å². The summed E-state index contributed by atoms with van der Waals surface area (Å²) in [5.74, 6) is 0.648. The number of nitrogens with zero attached hydrogens (tertiary/aromatic N) is 2. The van der Waals surface area contributed by atoms with Gasteiger partial charge in [-0.1, -0.05) is 32.0 Å². The first-order valence-corrected chi connectivity index (χ1v) is 10.7. The van der Waals surface area contributed by atoms with E-state index in [1.807, 2.05) is 13.8 Å². The van der Waals surface area contributed by atoms with Crippen molar-refractivity contribution in [1.82, 2.24) is 14.6 Å². The number of piperidine rings is 1. The minimum atomic E-state index is -3.45. The van der Waals surface area contributed by atoms with E-state index in [-0.39, 0.29) is 16.6 Å². The van der Waals surface area contributed by atoms with E-state index >= 15 is 0 Å². The highest BCUT2D eigenvalue weighted by Crippen LogP contribution is 2.22. The molecule has 8 heteroatoms. The lowest BCUT2D eigenvalue weighted by atomic mass is 10.2. The minimum absolute atomic E-state index is 0.0412. The highest BCUT2D eigenvalue weighted by atomic mass is 32.2. The normalized spacial score (nSPS) is 16.3. The molecule has 1 saturated heterocycles. The molecule has 0 aromatic carbocycles. The molecule has 134 valence electrons. The number of thioether (sulfide) groups is 1. The quantitative estimate of drug-likeness (QED) is 0.743. The van der Waals surface area contributed by atoms with Crippen LogP contribution in [0.25, 0.3) is 0 Å². The van der Waals surface area contributed by atoms with E-state index < -0.39 is 10.0 Å². The van der Waals surface area contributed by atoms with Gasteiger partial charge in [0.25, 0.3) is 0 Å². The molecule has 0 atom stereocenters. The Balaban J connectivity index is 1.91. The van der Waals surface area contributed by atoms with Crippen molar-refractivity contribution in [2.24, 2.45) is 5.92 Å². The molecular weight excluding hydrogens is 346 g/mol. The summed E-state index contributed by atoms with van der Waals surface area (Å²) < 4.78 is 26.6. The van der Waals surface area contributed by atoms with Gasteiger partial charge >= 0.3 is 0 Å². The summed E-state index contributed by atoms with van der Waals surface area (Å²) >= 11 is 1.30. The maximum Gasteiger partial charge on any atom is 0.244 e. The van der Waals surface area contributed by atoms with Crippen molar-refractivity contribution >= 4 is 27.7 Å². The Hall–Kier alpha value is -1.12. The second-order valence-electron chi connectivity index (χ2n) is 6.28. The van der Waals surface area contributed by atoms with Crippen molar-refractivity contribution < 1.29 is 13.2 Å². The van der Waals surface area contributed by atoms with Gasteiger partial charge in [-0.15, -0.1) is 0 Å². The van der Waals surface area contributed by atoms with Crippen LogP contribution in [0.4, 0.5) is 0 Å². The topological polar surface area (TPSA) is 79.4 Å². The molecule has 2 heterocycles. The molecule has 1 aromatic heterocycles. The summed E-state index contributed by atoms with van der Waals surface area (Å²) in [4.78, 5) is 16.1. The van der Waals surface area contributed by atoms with Crippen LogP contribution in [-0.4, -0.2) is 49.0 Å². The fraction of sp³-hybridized carbons (Fsp3) is 0.625. The molecular formula is C16H25N3O3S2. The van der Waals surface area contributed by atoms with Crippen LogP contribution in [0, 0.1) is 5.92 Å². The number of carbonyl (C=O) groups excluding carboxylic acids is 1. The molecule has 1 fully saturated rings. The van der Waals surface area contributed by atoms with E-state index in [1.54, 1.807) is 12.1 Å². The van der Waals surface area contributed by atoms with E-state index in [1.165, 1.54) is 22.3 Å². The Morgan fingerprint density at radius 1 is 1.29 bits per heavy atom. The van der Waals surface area contributed by atoms with Gasteiger partial charge < -0.3 is 5.32 Å². The number of hydrogen-bond donors (Lipinski definition) is 1. The Morgan fingerprint density at radius 3 is 2.58 bits per heavy atom. The first-order valence-electron chi connectivity index (χ1n) is 8.25. The number of hydrogen-bond acceptors (Lipinski definition) is 5. The fourth-order valence-corrected chi connectivity index (χ4v) is 4.50. The fourth-order valence-electron chi connectivity index (χ4n) is 2.37. The molecule has 24 heavy (non-hydrogen) atoms. The molecule has 1 aromatic rings. The Bertz CT molecular complexity index is 639. The van der Waals surface area contributed by atoms with E-state index in [4.69, 9.17) is 0 Å². The van der Waals surface area contributed by atoms with Crippen LogP contribution in [0.15, 0.2) is 28.3 Å². The molecule has 0 spiro atoms. The van der Waals surface area contributed by atoms with Crippen molar-refractivity contribution in [2.45, 2.75) is 43.0 Å². The Labute approximate surface area is 148 Å². The van der Waals surface area contributed by atoms with Crippen LogP contribution in [0.5, 0.6) is 0 Å². The van der Waals surface area contributed by atoms with Crippen LogP contribution >= 0.6 is 11.8 Å². The largest absolute Gasteiger partial charge is 0.355 e. The zero-order valence-electron chi connectivity index (χ0n) is 14.2. The van der Waals surface area contributed by atoms with Crippen molar-refractivity contribution in [2.75, 3.05) is 25.4 Å². The zero-order chi connectivity index (χ0) is 17.6. The maximum atomic E-state index is 12.5. The highest BCUT2D eigenvalue weighted by Gasteiger charge is 2.26. The van der Waals surface area contributed by atoms with E-state index in [9.17, 15) is 13.2 Å². The second kappa shape index (κ2) is 8.82. The third-order valence-electron chi connectivity index (χ3n) is 3.72. The van der Waals surface area contributed by atoms with Gasteiger partial charge in [0.1, 0.15) is 4.90 Å². The van der Waals surface area contributed by atoms with Gasteiger partial charge in [0, 0.05) is 25.8 Å². The van der Waals surface area contributed by atoms with Crippen molar-refractivity contribution in [1.29, 1.82) is 0 Å². The molecule has 0 unspecified atom stereocenters. The van der Waals surface area contributed by atoms with Gasteiger partial charge in [-0.2, -0.15) is 4.31 Å². The lowest BCUT2D eigenvalue weighted by molar-refractivity contribution is -0.118. The smallest absolute Gasteiger partial charge is 0.244 e.